The van der Waals surface area contributed by atoms with Crippen molar-refractivity contribution in [2.75, 3.05) is 13.1 Å². The van der Waals surface area contributed by atoms with Crippen molar-refractivity contribution in [3.8, 4) is 0 Å². The SMILES string of the molecule is Fc1cc(Br)cc(F)c1C1c2[nH]c3ccccc3c2CCN1CC(F)F. The molecular weight excluding hydrogens is 412 g/mol. The first-order chi connectivity index (χ1) is 12.5. The van der Waals surface area contributed by atoms with Gasteiger partial charge in [0, 0.05) is 33.2 Å². The Morgan fingerprint density at radius 2 is 1.85 bits per heavy atom. The number of hydrogen-bond acceptors (Lipinski definition) is 1. The maximum absolute atomic E-state index is 14.7. The topological polar surface area (TPSA) is 19.0 Å². The van der Waals surface area contributed by atoms with Crippen LogP contribution < -0.4 is 0 Å². The normalized spacial score (nSPS) is 17.8. The molecule has 0 saturated heterocycles. The first-order valence-corrected chi connectivity index (χ1v) is 9.01. The van der Waals surface area contributed by atoms with Gasteiger partial charge in [0.15, 0.2) is 0 Å². The Bertz CT molecular complexity index is 946. The summed E-state index contributed by atoms with van der Waals surface area (Å²) in [4.78, 5) is 4.65. The van der Waals surface area contributed by atoms with Crippen LogP contribution in [-0.2, 0) is 6.42 Å². The molecule has 0 aliphatic carbocycles. The minimum absolute atomic E-state index is 0.207. The Kier molecular flexibility index (Phi) is 4.52. The van der Waals surface area contributed by atoms with E-state index in [0.29, 0.717) is 18.7 Å². The number of rotatable bonds is 3. The number of aromatic nitrogens is 1. The van der Waals surface area contributed by atoms with E-state index in [-0.39, 0.29) is 10.0 Å². The first-order valence-electron chi connectivity index (χ1n) is 8.22. The molecule has 1 N–H and O–H groups in total. The van der Waals surface area contributed by atoms with Gasteiger partial charge in [-0.15, -0.1) is 0 Å². The van der Waals surface area contributed by atoms with E-state index in [2.05, 4.69) is 20.9 Å². The second-order valence-electron chi connectivity index (χ2n) is 6.38. The predicted molar refractivity (Wildman–Crippen MR) is 95.5 cm³/mol. The number of para-hydroxylation sites is 1. The van der Waals surface area contributed by atoms with Crippen molar-refractivity contribution in [3.05, 3.63) is 69.3 Å². The molecule has 1 unspecified atom stereocenters. The predicted octanol–water partition coefficient (Wildman–Crippen LogP) is 5.42. The Hall–Kier alpha value is -1.86. The van der Waals surface area contributed by atoms with Crippen LogP contribution in [0.15, 0.2) is 40.9 Å². The summed E-state index contributed by atoms with van der Waals surface area (Å²) in [5, 5.41) is 0.960. The molecule has 4 rings (SSSR count). The van der Waals surface area contributed by atoms with Gasteiger partial charge in [-0.05, 0) is 30.2 Å². The van der Waals surface area contributed by atoms with Gasteiger partial charge in [-0.1, -0.05) is 34.1 Å². The summed E-state index contributed by atoms with van der Waals surface area (Å²) < 4.78 is 55.8. The van der Waals surface area contributed by atoms with Gasteiger partial charge in [-0.2, -0.15) is 0 Å². The molecule has 0 radical (unpaired) electrons. The molecule has 2 nitrogen and oxygen atoms in total. The summed E-state index contributed by atoms with van der Waals surface area (Å²) in [7, 11) is 0. The number of nitrogens with zero attached hydrogens (tertiary/aromatic N) is 1. The van der Waals surface area contributed by atoms with E-state index < -0.39 is 30.6 Å². The lowest BCUT2D eigenvalue weighted by Crippen LogP contribution is -2.39. The molecule has 2 heterocycles. The second-order valence-corrected chi connectivity index (χ2v) is 7.30. The van der Waals surface area contributed by atoms with E-state index in [4.69, 9.17) is 0 Å². The standard InChI is InChI=1S/C19H15BrF4N2/c20-10-7-13(21)17(14(22)8-10)19-18-12(5-6-26(19)9-16(23)24)11-3-1-2-4-15(11)25-18/h1-4,7-8,16,19,25H,5-6,9H2. The molecular formula is C19H15BrF4N2. The zero-order valence-corrected chi connectivity index (χ0v) is 15.2. The number of halogens is 5. The van der Waals surface area contributed by atoms with Crippen LogP contribution in [0.25, 0.3) is 10.9 Å². The third-order valence-electron chi connectivity index (χ3n) is 4.82. The first kappa shape index (κ1) is 17.5. The molecule has 136 valence electrons. The van der Waals surface area contributed by atoms with Crippen molar-refractivity contribution in [3.63, 3.8) is 0 Å². The minimum Gasteiger partial charge on any atom is -0.357 e. The minimum atomic E-state index is -2.59. The third-order valence-corrected chi connectivity index (χ3v) is 5.28. The van der Waals surface area contributed by atoms with Crippen molar-refractivity contribution >= 4 is 26.8 Å². The lowest BCUT2D eigenvalue weighted by Gasteiger charge is -2.36. The summed E-state index contributed by atoms with van der Waals surface area (Å²) in [6.45, 7) is -0.243. The third kappa shape index (κ3) is 2.93. The molecule has 0 saturated carbocycles. The van der Waals surface area contributed by atoms with E-state index in [0.717, 1.165) is 28.6 Å². The van der Waals surface area contributed by atoms with Crippen LogP contribution in [0.4, 0.5) is 17.6 Å². The molecule has 1 aliphatic rings. The smallest absolute Gasteiger partial charge is 0.251 e. The molecule has 1 aromatic heterocycles. The molecule has 0 bridgehead atoms. The Labute approximate surface area is 155 Å². The number of H-pyrrole nitrogens is 1. The fourth-order valence-electron chi connectivity index (χ4n) is 3.81. The van der Waals surface area contributed by atoms with Gasteiger partial charge in [0.2, 0.25) is 0 Å². The monoisotopic (exact) mass is 426 g/mol. The lowest BCUT2D eigenvalue weighted by atomic mass is 9.91. The molecule has 26 heavy (non-hydrogen) atoms. The number of benzene rings is 2. The fraction of sp³-hybridized carbons (Fsp3) is 0.263. The largest absolute Gasteiger partial charge is 0.357 e. The number of alkyl halides is 2. The van der Waals surface area contributed by atoms with Gasteiger partial charge in [0.1, 0.15) is 11.6 Å². The van der Waals surface area contributed by atoms with Gasteiger partial charge >= 0.3 is 0 Å². The molecule has 0 spiro atoms. The zero-order chi connectivity index (χ0) is 18.4. The van der Waals surface area contributed by atoms with Gasteiger partial charge in [-0.3, -0.25) is 4.90 Å². The van der Waals surface area contributed by atoms with Gasteiger partial charge in [0.25, 0.3) is 6.43 Å². The van der Waals surface area contributed by atoms with E-state index >= 15 is 0 Å². The van der Waals surface area contributed by atoms with Crippen LogP contribution in [0.2, 0.25) is 0 Å². The number of aromatic amines is 1. The highest BCUT2D eigenvalue weighted by atomic mass is 79.9. The molecule has 7 heteroatoms. The van der Waals surface area contributed by atoms with Crippen molar-refractivity contribution in [1.29, 1.82) is 0 Å². The highest BCUT2D eigenvalue weighted by molar-refractivity contribution is 9.10. The number of fused-ring (bicyclic) bond motifs is 3. The number of hydrogen-bond donors (Lipinski definition) is 1. The van der Waals surface area contributed by atoms with Crippen LogP contribution in [0.5, 0.6) is 0 Å². The van der Waals surface area contributed by atoms with Crippen LogP contribution in [0.1, 0.15) is 22.9 Å². The highest BCUT2D eigenvalue weighted by Gasteiger charge is 2.36. The van der Waals surface area contributed by atoms with Crippen LogP contribution in [0, 0.1) is 11.6 Å². The maximum atomic E-state index is 14.7. The summed E-state index contributed by atoms with van der Waals surface area (Å²) in [6.07, 6.45) is -2.05. The summed E-state index contributed by atoms with van der Waals surface area (Å²) in [6, 6.07) is 8.95. The second kappa shape index (κ2) is 6.70. The molecule has 1 aliphatic heterocycles. The van der Waals surface area contributed by atoms with E-state index in [1.165, 1.54) is 4.90 Å². The van der Waals surface area contributed by atoms with Crippen molar-refractivity contribution < 1.29 is 17.6 Å². The molecule has 2 aromatic carbocycles. The van der Waals surface area contributed by atoms with Gasteiger partial charge in [0.05, 0.1) is 12.6 Å². The average Bonchev–Trinajstić information content (AvgIpc) is 2.94. The Morgan fingerprint density at radius 1 is 1.15 bits per heavy atom. The fourth-order valence-corrected chi connectivity index (χ4v) is 4.21. The van der Waals surface area contributed by atoms with E-state index in [1.807, 2.05) is 24.3 Å². The average molecular weight is 427 g/mol. The lowest BCUT2D eigenvalue weighted by molar-refractivity contribution is 0.0679. The molecule has 1 atom stereocenters. The summed E-state index contributed by atoms with van der Waals surface area (Å²) in [5.74, 6) is -1.51. The molecule has 0 fully saturated rings. The zero-order valence-electron chi connectivity index (χ0n) is 13.6. The van der Waals surface area contributed by atoms with Crippen molar-refractivity contribution in [1.82, 2.24) is 9.88 Å². The quantitative estimate of drug-likeness (QED) is 0.553. The van der Waals surface area contributed by atoms with E-state index in [9.17, 15) is 17.6 Å². The van der Waals surface area contributed by atoms with E-state index in [1.54, 1.807) is 0 Å². The maximum Gasteiger partial charge on any atom is 0.251 e. The van der Waals surface area contributed by atoms with Gasteiger partial charge in [-0.25, -0.2) is 17.6 Å². The highest BCUT2D eigenvalue weighted by Crippen LogP contribution is 2.40. The van der Waals surface area contributed by atoms with Crippen molar-refractivity contribution in [2.45, 2.75) is 18.9 Å². The summed E-state index contributed by atoms with van der Waals surface area (Å²) in [5.41, 5.74) is 2.14. The van der Waals surface area contributed by atoms with Crippen molar-refractivity contribution in [2.24, 2.45) is 0 Å². The Balaban J connectivity index is 1.94. The number of nitrogens with one attached hydrogen (secondary N) is 1. The molecule has 0 amide bonds. The summed E-state index contributed by atoms with van der Waals surface area (Å²) >= 11 is 3.06. The molecule has 3 aromatic rings. The Morgan fingerprint density at radius 3 is 2.54 bits per heavy atom. The van der Waals surface area contributed by atoms with Crippen LogP contribution in [-0.4, -0.2) is 29.4 Å². The van der Waals surface area contributed by atoms with Crippen LogP contribution in [0.3, 0.4) is 0 Å². The van der Waals surface area contributed by atoms with Crippen LogP contribution >= 0.6 is 15.9 Å². The van der Waals surface area contributed by atoms with Gasteiger partial charge < -0.3 is 4.98 Å².